The first-order chi connectivity index (χ1) is 37.2. The third-order valence-electron chi connectivity index (χ3n) is 12.3. The lowest BCUT2D eigenvalue weighted by molar-refractivity contribution is -0.197. The molecule has 10 amide bonds. The van der Waals surface area contributed by atoms with Crippen LogP contribution in [0, 0.1) is 17.0 Å². The number of benzene rings is 2. The van der Waals surface area contributed by atoms with E-state index in [1.54, 1.807) is 55.8 Å². The lowest BCUT2D eigenvalue weighted by Crippen LogP contribution is -2.59. The van der Waals surface area contributed by atoms with E-state index < -0.39 is 157 Å². The van der Waals surface area contributed by atoms with Crippen molar-refractivity contribution in [3.8, 4) is 11.1 Å². The lowest BCUT2D eigenvalue weighted by atomic mass is 9.82. The second kappa shape index (κ2) is 29.2. The molecular formula is C52H66F2N10O15. The summed E-state index contributed by atoms with van der Waals surface area (Å²) < 4.78 is 31.7. The number of hydrogen-bond acceptors (Lipinski definition) is 14. The number of nitrogens with zero attached hydrogens (tertiary/aromatic N) is 3. The maximum Gasteiger partial charge on any atom is 0.333 e. The van der Waals surface area contributed by atoms with Crippen LogP contribution in [0.25, 0.3) is 11.1 Å². The molecule has 3 aromatic rings. The van der Waals surface area contributed by atoms with Gasteiger partial charge in [-0.1, -0.05) is 51.1 Å². The van der Waals surface area contributed by atoms with E-state index in [2.05, 4.69) is 31.9 Å². The molecule has 0 unspecified atom stereocenters. The van der Waals surface area contributed by atoms with E-state index in [4.69, 9.17) is 10.6 Å². The van der Waals surface area contributed by atoms with Gasteiger partial charge in [0.2, 0.25) is 47.3 Å². The fourth-order valence-electron chi connectivity index (χ4n) is 8.40. The van der Waals surface area contributed by atoms with Gasteiger partial charge in [0.25, 0.3) is 11.8 Å². The van der Waals surface area contributed by atoms with E-state index in [-0.39, 0.29) is 56.3 Å². The van der Waals surface area contributed by atoms with Crippen LogP contribution in [0.5, 0.6) is 0 Å². The molecule has 5 atom stereocenters. The van der Waals surface area contributed by atoms with Crippen molar-refractivity contribution in [2.75, 3.05) is 26.7 Å². The van der Waals surface area contributed by atoms with Gasteiger partial charge in [-0.2, -0.15) is 0 Å². The van der Waals surface area contributed by atoms with Gasteiger partial charge in [0.15, 0.2) is 0 Å². The average molecular weight is 1110 g/mol. The number of aliphatic hydroxyl groups is 1. The van der Waals surface area contributed by atoms with Crippen LogP contribution < -0.4 is 37.6 Å². The first-order valence-electron chi connectivity index (χ1n) is 25.1. The number of carboxylic acid groups (broad SMARTS) is 1. The molecule has 0 spiro atoms. The van der Waals surface area contributed by atoms with E-state index in [9.17, 15) is 72.1 Å². The topological polar surface area (TPSA) is 364 Å². The molecule has 2 heterocycles. The van der Waals surface area contributed by atoms with Crippen LogP contribution in [-0.4, -0.2) is 147 Å². The number of imide groups is 1. The van der Waals surface area contributed by atoms with Gasteiger partial charge in [-0.25, -0.2) is 13.6 Å². The van der Waals surface area contributed by atoms with E-state index in [0.29, 0.717) is 10.8 Å². The molecule has 4 rings (SSSR count). The Morgan fingerprint density at radius 2 is 1.41 bits per heavy atom. The van der Waals surface area contributed by atoms with Crippen molar-refractivity contribution in [1.82, 2.24) is 46.4 Å². The quantitative estimate of drug-likeness (QED) is 0.0417. The summed E-state index contributed by atoms with van der Waals surface area (Å²) in [7, 11) is 1.36. The zero-order chi connectivity index (χ0) is 58.7. The summed E-state index contributed by atoms with van der Waals surface area (Å²) in [6, 6.07) is 5.55. The van der Waals surface area contributed by atoms with Crippen LogP contribution in [0.1, 0.15) is 103 Å². The van der Waals surface area contributed by atoms with Gasteiger partial charge in [-0.05, 0) is 55.0 Å². The van der Waals surface area contributed by atoms with Crippen molar-refractivity contribution in [3.63, 3.8) is 0 Å². The van der Waals surface area contributed by atoms with Crippen LogP contribution in [0.4, 0.5) is 8.78 Å². The molecule has 0 bridgehead atoms. The molecule has 1 aliphatic rings. The third-order valence-corrected chi connectivity index (χ3v) is 12.3. The second-order valence-corrected chi connectivity index (χ2v) is 19.5. The van der Waals surface area contributed by atoms with Gasteiger partial charge in [-0.15, -0.1) is 5.06 Å². The van der Waals surface area contributed by atoms with Crippen molar-refractivity contribution in [1.29, 1.82) is 0 Å². The summed E-state index contributed by atoms with van der Waals surface area (Å²) in [6.45, 7) is 4.93. The Balaban J connectivity index is 1.59. The minimum Gasteiger partial charge on any atom is -0.481 e. The minimum atomic E-state index is -1.96. The number of nitrogens with one attached hydrogen (secondary N) is 6. The number of hydroxylamine groups is 2. The highest BCUT2D eigenvalue weighted by molar-refractivity contribution is 6.02. The summed E-state index contributed by atoms with van der Waals surface area (Å²) in [6.07, 6.45) is -2.30. The number of primary amides is 1. The monoisotopic (exact) mass is 1110 g/mol. The Bertz CT molecular complexity index is 2750. The van der Waals surface area contributed by atoms with Crippen LogP contribution in [0.2, 0.25) is 0 Å². The number of hydrogen-bond donors (Lipinski definition) is 9. The highest BCUT2D eigenvalue weighted by Gasteiger charge is 2.39. The van der Waals surface area contributed by atoms with Crippen molar-refractivity contribution in [3.05, 3.63) is 83.7 Å². The van der Waals surface area contributed by atoms with E-state index >= 15 is 4.39 Å². The Hall–Kier alpha value is -8.62. The molecule has 0 aliphatic carbocycles. The number of aliphatic hydroxyl groups excluding tert-OH is 1. The van der Waals surface area contributed by atoms with Crippen LogP contribution in [-0.2, 0) is 68.9 Å². The molecule has 79 heavy (non-hydrogen) atoms. The number of carbonyl (C=O) groups excluding carboxylic acids is 11. The number of rotatable bonds is 29. The number of aliphatic carboxylic acids is 1. The molecule has 1 aliphatic heterocycles. The summed E-state index contributed by atoms with van der Waals surface area (Å²) in [5, 5.41) is 34.4. The largest absolute Gasteiger partial charge is 0.481 e. The molecule has 428 valence electrons. The predicted octanol–water partition coefficient (Wildman–Crippen LogP) is 0.119. The molecule has 0 saturated carbocycles. The maximum atomic E-state index is 15.4. The Morgan fingerprint density at radius 1 is 0.785 bits per heavy atom. The van der Waals surface area contributed by atoms with E-state index in [0.717, 1.165) is 23.8 Å². The minimum absolute atomic E-state index is 0.0874. The first kappa shape index (κ1) is 62.9. The number of amides is 10. The van der Waals surface area contributed by atoms with Gasteiger partial charge in [-0.3, -0.25) is 52.7 Å². The molecular weight excluding hydrogens is 1040 g/mol. The Morgan fingerprint density at radius 3 is 2.00 bits per heavy atom. The molecule has 1 aromatic heterocycles. The zero-order valence-corrected chi connectivity index (χ0v) is 44.2. The van der Waals surface area contributed by atoms with Gasteiger partial charge in [0, 0.05) is 81.8 Å². The molecule has 25 nitrogen and oxygen atoms in total. The Labute approximate surface area is 452 Å². The zero-order valence-electron chi connectivity index (χ0n) is 44.2. The Kier molecular flexibility index (Phi) is 23.3. The van der Waals surface area contributed by atoms with Crippen molar-refractivity contribution in [2.45, 2.75) is 122 Å². The molecule has 1 fully saturated rings. The second-order valence-electron chi connectivity index (χ2n) is 19.5. The molecule has 1 saturated heterocycles. The molecule has 0 radical (unpaired) electrons. The molecule has 2 aromatic carbocycles. The highest BCUT2D eigenvalue weighted by Crippen LogP contribution is 2.41. The first-order valence-corrected chi connectivity index (χ1v) is 25.1. The van der Waals surface area contributed by atoms with Gasteiger partial charge in [0.05, 0.1) is 18.9 Å². The number of halogens is 2. The number of carbonyl (C=O) groups is 12. The van der Waals surface area contributed by atoms with Gasteiger partial charge in [0.1, 0.15) is 42.4 Å². The average Bonchev–Trinajstić information content (AvgIpc) is 4.03. The maximum absolute atomic E-state index is 15.4. The third kappa shape index (κ3) is 19.1. The van der Waals surface area contributed by atoms with Crippen molar-refractivity contribution in [2.24, 2.45) is 11.1 Å². The highest BCUT2D eigenvalue weighted by atomic mass is 19.1. The SMILES string of the molecule is CNC(=O)CCNC(=O)[C@H](CCN(C(=O)CO)[C@@H](c1cc(-c2cc(F)ccc2F)cn1Cc1ccccc1)C(C)(C)C)NC(=O)[C@H](CC(N)=O)NC(=O)[C@H](CC(=O)O)NC(=O)[C@H](C)NC(=O)CCCC(=O)ON1C(=O)CCC1=O. The standard InChI is InChI=1S/C52H66F2N10O15/c1-29(58-41(68)12-9-13-46(74)79-64-42(69)16-17-43(64)70)48(75)60-37(25-45(72)73)51(78)61-36(24-39(55)66)50(77)59-35(49(76)57-20-18-40(67)56-5)19-21-63(44(71)28-65)47(52(2,3)4)38-22-31(33-23-32(53)14-15-34(33)54)27-62(38)26-30-10-7-6-8-11-30/h6-8,10-11,14-15,22-23,27,29,35-37,47,65H,9,12-13,16-21,24-26,28H2,1-5H3,(H2,55,66)(H,56,67)(H,57,76)(H,58,68)(H,59,77)(H,60,75)(H,61,78)(H,72,73)/t29-,35-,36-,37-,47-/m0/s1. The number of aromatic nitrogens is 1. The fourth-order valence-corrected chi connectivity index (χ4v) is 8.40. The van der Waals surface area contributed by atoms with Crippen molar-refractivity contribution < 1.29 is 81.4 Å². The van der Waals surface area contributed by atoms with Crippen LogP contribution >= 0.6 is 0 Å². The van der Waals surface area contributed by atoms with Crippen LogP contribution in [0.3, 0.4) is 0 Å². The van der Waals surface area contributed by atoms with Gasteiger partial charge < -0.3 is 62.2 Å². The lowest BCUT2D eigenvalue weighted by Gasteiger charge is -2.41. The summed E-state index contributed by atoms with van der Waals surface area (Å²) in [5.74, 6) is -13.3. The van der Waals surface area contributed by atoms with Gasteiger partial charge >= 0.3 is 11.9 Å². The van der Waals surface area contributed by atoms with Crippen molar-refractivity contribution >= 4 is 71.0 Å². The number of nitrogens with two attached hydrogens (primary N) is 1. The summed E-state index contributed by atoms with van der Waals surface area (Å²) in [5.41, 5.74) is 5.87. The summed E-state index contributed by atoms with van der Waals surface area (Å²) in [4.78, 5) is 160. The molecule has 27 heteroatoms. The normalized spacial score (nSPS) is 14.2. The van der Waals surface area contributed by atoms with Crippen LogP contribution in [0.15, 0.2) is 60.8 Å². The predicted molar refractivity (Wildman–Crippen MR) is 273 cm³/mol. The van der Waals surface area contributed by atoms with E-state index in [1.807, 2.05) is 12.1 Å². The smallest absolute Gasteiger partial charge is 0.333 e. The molecule has 10 N–H and O–H groups in total. The van der Waals surface area contributed by atoms with E-state index in [1.165, 1.54) is 18.9 Å². The fraction of sp³-hybridized carbons (Fsp3) is 0.462. The number of carboxylic acids is 1. The summed E-state index contributed by atoms with van der Waals surface area (Å²) >= 11 is 0.